The summed E-state index contributed by atoms with van der Waals surface area (Å²) in [5.74, 6) is -0.276. The van der Waals surface area contributed by atoms with Crippen LogP contribution in [0.1, 0.15) is 24.0 Å². The number of benzene rings is 3. The van der Waals surface area contributed by atoms with E-state index in [9.17, 15) is 9.59 Å². The molecule has 1 aliphatic rings. The first-order chi connectivity index (χ1) is 18.2. The van der Waals surface area contributed by atoms with E-state index >= 15 is 0 Å². The van der Waals surface area contributed by atoms with Crippen LogP contribution in [0.4, 0.5) is 10.5 Å². The van der Waals surface area contributed by atoms with Gasteiger partial charge in [-0.15, -0.1) is 0 Å². The van der Waals surface area contributed by atoms with E-state index in [1.807, 2.05) is 89.7 Å². The number of carbonyl (C=O) groups is 2. The van der Waals surface area contributed by atoms with Crippen molar-refractivity contribution in [2.45, 2.75) is 25.9 Å². The van der Waals surface area contributed by atoms with Crippen LogP contribution in [0.5, 0.6) is 0 Å². The topological polar surface area (TPSA) is 79.3 Å². The van der Waals surface area contributed by atoms with Crippen molar-refractivity contribution in [3.05, 3.63) is 108 Å². The standard InChI is InChI=1S/C30H31N5O2/c36-29(25-15-10-18-34(21-25)30(37)32-27-16-8-3-9-17-27)31-19-26-22-35(20-23-11-4-1-5-12-23)33-28(26)24-13-6-2-7-14-24/h1-9,11-14,16-17,22,25H,10,15,18-21H2,(H,31,36)(H,32,37)/t25-/m0/s1. The summed E-state index contributed by atoms with van der Waals surface area (Å²) in [6, 6.07) is 29.4. The molecule has 2 heterocycles. The zero-order valence-corrected chi connectivity index (χ0v) is 20.7. The Morgan fingerprint density at radius 1 is 0.892 bits per heavy atom. The molecule has 1 saturated heterocycles. The third-order valence-corrected chi connectivity index (χ3v) is 6.63. The zero-order valence-electron chi connectivity index (χ0n) is 20.7. The van der Waals surface area contributed by atoms with E-state index in [1.165, 1.54) is 0 Å². The highest BCUT2D eigenvalue weighted by Crippen LogP contribution is 2.23. The van der Waals surface area contributed by atoms with Crippen LogP contribution >= 0.6 is 0 Å². The summed E-state index contributed by atoms with van der Waals surface area (Å²) in [6.45, 7) is 2.09. The van der Waals surface area contributed by atoms with Crippen LogP contribution in [0, 0.1) is 5.92 Å². The van der Waals surface area contributed by atoms with Gasteiger partial charge in [0.05, 0.1) is 18.2 Å². The largest absolute Gasteiger partial charge is 0.352 e. The fourth-order valence-electron chi connectivity index (χ4n) is 4.71. The normalized spacial score (nSPS) is 15.2. The number of hydrogen-bond donors (Lipinski definition) is 2. The molecule has 3 aromatic carbocycles. The Morgan fingerprint density at radius 2 is 1.57 bits per heavy atom. The predicted molar refractivity (Wildman–Crippen MR) is 145 cm³/mol. The molecule has 0 bridgehead atoms. The van der Waals surface area contributed by atoms with Gasteiger partial charge in [0.1, 0.15) is 0 Å². The molecule has 0 unspecified atom stereocenters. The smallest absolute Gasteiger partial charge is 0.321 e. The molecule has 0 saturated carbocycles. The van der Waals surface area contributed by atoms with Gasteiger partial charge >= 0.3 is 6.03 Å². The van der Waals surface area contributed by atoms with Crippen LogP contribution in [-0.2, 0) is 17.9 Å². The Bertz CT molecular complexity index is 1320. The van der Waals surface area contributed by atoms with Crippen molar-refractivity contribution in [2.24, 2.45) is 5.92 Å². The average Bonchev–Trinajstić information content (AvgIpc) is 3.35. The molecule has 2 N–H and O–H groups in total. The summed E-state index contributed by atoms with van der Waals surface area (Å²) in [5, 5.41) is 10.9. The van der Waals surface area contributed by atoms with E-state index in [0.717, 1.165) is 40.9 Å². The van der Waals surface area contributed by atoms with Gasteiger partial charge in [-0.25, -0.2) is 4.79 Å². The maximum absolute atomic E-state index is 13.1. The number of piperidine rings is 1. The lowest BCUT2D eigenvalue weighted by Crippen LogP contribution is -2.46. The molecule has 1 aliphatic heterocycles. The molecule has 4 aromatic rings. The summed E-state index contributed by atoms with van der Waals surface area (Å²) in [7, 11) is 0. The minimum Gasteiger partial charge on any atom is -0.352 e. The van der Waals surface area contributed by atoms with Crippen molar-refractivity contribution in [1.82, 2.24) is 20.0 Å². The van der Waals surface area contributed by atoms with E-state index in [1.54, 1.807) is 4.90 Å². The average molecular weight is 494 g/mol. The van der Waals surface area contributed by atoms with Crippen LogP contribution in [0.15, 0.2) is 97.2 Å². The Hall–Kier alpha value is -4.39. The van der Waals surface area contributed by atoms with Crippen molar-refractivity contribution in [3.63, 3.8) is 0 Å². The van der Waals surface area contributed by atoms with Gasteiger partial charge in [0.2, 0.25) is 5.91 Å². The Balaban J connectivity index is 1.24. The molecular weight excluding hydrogens is 462 g/mol. The molecule has 1 fully saturated rings. The fourth-order valence-corrected chi connectivity index (χ4v) is 4.71. The number of para-hydroxylation sites is 1. The summed E-state index contributed by atoms with van der Waals surface area (Å²) in [5.41, 5.74) is 4.76. The van der Waals surface area contributed by atoms with Crippen LogP contribution in [0.3, 0.4) is 0 Å². The second-order valence-corrected chi connectivity index (χ2v) is 9.35. The molecule has 0 spiro atoms. The van der Waals surface area contributed by atoms with Gasteiger partial charge in [-0.1, -0.05) is 78.9 Å². The number of carbonyl (C=O) groups excluding carboxylic acids is 2. The zero-order chi connectivity index (χ0) is 25.5. The molecule has 1 aromatic heterocycles. The molecular formula is C30H31N5O2. The summed E-state index contributed by atoms with van der Waals surface area (Å²) in [6.07, 6.45) is 3.57. The predicted octanol–water partition coefficient (Wildman–Crippen LogP) is 5.16. The van der Waals surface area contributed by atoms with Crippen molar-refractivity contribution < 1.29 is 9.59 Å². The third kappa shape index (κ3) is 6.25. The van der Waals surface area contributed by atoms with Gasteiger partial charge in [-0.2, -0.15) is 5.10 Å². The van der Waals surface area contributed by atoms with E-state index in [2.05, 4.69) is 22.8 Å². The van der Waals surface area contributed by atoms with Crippen LogP contribution < -0.4 is 10.6 Å². The first-order valence-electron chi connectivity index (χ1n) is 12.7. The number of anilines is 1. The van der Waals surface area contributed by atoms with Gasteiger partial charge in [-0.3, -0.25) is 9.48 Å². The molecule has 5 rings (SSSR count). The maximum atomic E-state index is 13.1. The molecule has 1 atom stereocenters. The van der Waals surface area contributed by atoms with E-state index < -0.39 is 0 Å². The van der Waals surface area contributed by atoms with Crippen LogP contribution in [0.2, 0.25) is 0 Å². The van der Waals surface area contributed by atoms with E-state index in [-0.39, 0.29) is 17.9 Å². The number of urea groups is 1. The van der Waals surface area contributed by atoms with Gasteiger partial charge < -0.3 is 15.5 Å². The Kier molecular flexibility index (Phi) is 7.60. The quantitative estimate of drug-likeness (QED) is 0.373. The van der Waals surface area contributed by atoms with Gasteiger partial charge in [-0.05, 0) is 30.5 Å². The minimum absolute atomic E-state index is 0.0352. The number of hydrogen-bond acceptors (Lipinski definition) is 3. The highest BCUT2D eigenvalue weighted by Gasteiger charge is 2.28. The summed E-state index contributed by atoms with van der Waals surface area (Å²) in [4.78, 5) is 27.6. The van der Waals surface area contributed by atoms with Crippen molar-refractivity contribution >= 4 is 17.6 Å². The van der Waals surface area contributed by atoms with Crippen LogP contribution in [-0.4, -0.2) is 39.7 Å². The number of nitrogens with zero attached hydrogens (tertiary/aromatic N) is 3. The minimum atomic E-state index is -0.241. The molecule has 0 radical (unpaired) electrons. The monoisotopic (exact) mass is 493 g/mol. The first-order valence-corrected chi connectivity index (χ1v) is 12.7. The lowest BCUT2D eigenvalue weighted by Gasteiger charge is -2.32. The molecule has 3 amide bonds. The first kappa shape index (κ1) is 24.3. The lowest BCUT2D eigenvalue weighted by molar-refractivity contribution is -0.126. The number of nitrogens with one attached hydrogen (secondary N) is 2. The van der Waals surface area contributed by atoms with Crippen molar-refractivity contribution in [2.75, 3.05) is 18.4 Å². The summed E-state index contributed by atoms with van der Waals surface area (Å²) < 4.78 is 1.93. The molecule has 7 heteroatoms. The van der Waals surface area contributed by atoms with E-state index in [0.29, 0.717) is 26.2 Å². The highest BCUT2D eigenvalue weighted by atomic mass is 16.2. The molecule has 0 aliphatic carbocycles. The maximum Gasteiger partial charge on any atom is 0.321 e. The molecule has 188 valence electrons. The molecule has 37 heavy (non-hydrogen) atoms. The van der Waals surface area contributed by atoms with Crippen LogP contribution in [0.25, 0.3) is 11.3 Å². The summed E-state index contributed by atoms with van der Waals surface area (Å²) >= 11 is 0. The Morgan fingerprint density at radius 3 is 2.30 bits per heavy atom. The molecule has 7 nitrogen and oxygen atoms in total. The lowest BCUT2D eigenvalue weighted by atomic mass is 9.97. The SMILES string of the molecule is O=C(NCc1cn(Cc2ccccc2)nc1-c1ccccc1)[C@H]1CCCN(C(=O)Nc2ccccc2)C1. The third-order valence-electron chi connectivity index (χ3n) is 6.63. The number of rotatable bonds is 7. The number of amides is 3. The number of likely N-dealkylation sites (tertiary alicyclic amines) is 1. The second kappa shape index (κ2) is 11.6. The van der Waals surface area contributed by atoms with Gasteiger partial charge in [0, 0.05) is 42.6 Å². The van der Waals surface area contributed by atoms with Gasteiger partial charge in [0.15, 0.2) is 0 Å². The Labute approximate surface area is 217 Å². The highest BCUT2D eigenvalue weighted by molar-refractivity contribution is 5.90. The second-order valence-electron chi connectivity index (χ2n) is 9.35. The van der Waals surface area contributed by atoms with E-state index in [4.69, 9.17) is 5.10 Å². The van der Waals surface area contributed by atoms with Crippen molar-refractivity contribution in [1.29, 1.82) is 0 Å². The van der Waals surface area contributed by atoms with Crippen molar-refractivity contribution in [3.8, 4) is 11.3 Å². The number of aromatic nitrogens is 2. The fraction of sp³-hybridized carbons (Fsp3) is 0.233. The van der Waals surface area contributed by atoms with Gasteiger partial charge in [0.25, 0.3) is 0 Å².